The molecule has 1 aromatic heterocycles. The van der Waals surface area contributed by atoms with Gasteiger partial charge in [0.05, 0.1) is 18.8 Å². The van der Waals surface area contributed by atoms with E-state index in [1.54, 1.807) is 18.1 Å². The van der Waals surface area contributed by atoms with E-state index in [1.165, 1.54) is 0 Å². The number of aromatic nitrogens is 3. The van der Waals surface area contributed by atoms with Crippen LogP contribution in [0.2, 0.25) is 0 Å². The summed E-state index contributed by atoms with van der Waals surface area (Å²) in [5.41, 5.74) is 5.53. The van der Waals surface area contributed by atoms with Crippen LogP contribution in [0.25, 0.3) is 11.1 Å². The lowest BCUT2D eigenvalue weighted by Crippen LogP contribution is -2.34. The predicted octanol–water partition coefficient (Wildman–Crippen LogP) is 6.30. The van der Waals surface area contributed by atoms with Crippen LogP contribution in [0.5, 0.6) is 0 Å². The third-order valence-electron chi connectivity index (χ3n) is 6.89. The quantitative estimate of drug-likeness (QED) is 0.163. The molecule has 0 radical (unpaired) electrons. The number of halogens is 3. The van der Waals surface area contributed by atoms with Crippen molar-refractivity contribution in [2.75, 3.05) is 5.75 Å². The molecule has 2 N–H and O–H groups in total. The van der Waals surface area contributed by atoms with Crippen LogP contribution in [0.1, 0.15) is 41.1 Å². The van der Waals surface area contributed by atoms with E-state index in [0.717, 1.165) is 38.5 Å². The molecule has 1 aliphatic heterocycles. The smallest absolute Gasteiger partial charge is 0.272 e. The average Bonchev–Trinajstić information content (AvgIpc) is 3.42. The van der Waals surface area contributed by atoms with Crippen LogP contribution in [-0.2, 0) is 34.5 Å². The molecule has 1 amide bonds. The molecule has 2 heterocycles. The number of nitrogens with zero attached hydrogens (tertiary/aromatic N) is 3. The van der Waals surface area contributed by atoms with Gasteiger partial charge in [-0.05, 0) is 27.8 Å². The maximum atomic E-state index is 12.1. The number of ether oxygens (including phenoxy) is 2. The number of amides is 1. The van der Waals surface area contributed by atoms with Crippen LogP contribution in [0, 0.1) is 0 Å². The summed E-state index contributed by atoms with van der Waals surface area (Å²) >= 11 is 18.7. The SMILES string of the molecule is Cn1cnnc1SC[C@@H]1C[C@H](c2ccc(CO)cc2)O[C@H](c2ccc(-c3ccccc3CNC(=O)C(Cl)(Cl)Cl)cc2)O1. The van der Waals surface area contributed by atoms with Crippen LogP contribution in [0.3, 0.4) is 0 Å². The lowest BCUT2D eigenvalue weighted by atomic mass is 9.98. The van der Waals surface area contributed by atoms with Crippen LogP contribution >= 0.6 is 46.6 Å². The molecular formula is C30H29Cl3N4O4S. The Balaban J connectivity index is 1.34. The number of aliphatic hydroxyl groups is 1. The number of rotatable bonds is 9. The number of hydrogen-bond acceptors (Lipinski definition) is 7. The molecule has 42 heavy (non-hydrogen) atoms. The Hall–Kier alpha value is -2.63. The molecule has 0 spiro atoms. The van der Waals surface area contributed by atoms with Gasteiger partial charge < -0.3 is 24.5 Å². The van der Waals surface area contributed by atoms with Gasteiger partial charge in [0.25, 0.3) is 9.70 Å². The molecule has 3 aromatic carbocycles. The Morgan fingerprint density at radius 2 is 1.76 bits per heavy atom. The van der Waals surface area contributed by atoms with Gasteiger partial charge in [-0.3, -0.25) is 4.79 Å². The zero-order valence-electron chi connectivity index (χ0n) is 22.6. The monoisotopic (exact) mass is 646 g/mol. The molecule has 4 aromatic rings. The minimum atomic E-state index is -2.03. The van der Waals surface area contributed by atoms with Crippen molar-refractivity contribution < 1.29 is 19.4 Å². The van der Waals surface area contributed by atoms with Crippen molar-refractivity contribution in [3.8, 4) is 11.1 Å². The first-order valence-electron chi connectivity index (χ1n) is 13.2. The number of aryl methyl sites for hydroxylation is 1. The molecule has 1 fully saturated rings. The molecule has 0 saturated carbocycles. The molecule has 1 aliphatic rings. The van der Waals surface area contributed by atoms with Gasteiger partial charge in [-0.2, -0.15) is 0 Å². The summed E-state index contributed by atoms with van der Waals surface area (Å²) < 4.78 is 12.8. The minimum absolute atomic E-state index is 0.0107. The fourth-order valence-corrected chi connectivity index (χ4v) is 5.75. The number of thioether (sulfide) groups is 1. The average molecular weight is 648 g/mol. The lowest BCUT2D eigenvalue weighted by molar-refractivity contribution is -0.245. The second-order valence-corrected chi connectivity index (χ2v) is 13.1. The van der Waals surface area contributed by atoms with E-state index in [9.17, 15) is 9.90 Å². The van der Waals surface area contributed by atoms with Crippen molar-refractivity contribution in [3.63, 3.8) is 0 Å². The van der Waals surface area contributed by atoms with E-state index >= 15 is 0 Å². The minimum Gasteiger partial charge on any atom is -0.392 e. The number of hydrogen-bond donors (Lipinski definition) is 2. The highest BCUT2D eigenvalue weighted by molar-refractivity contribution is 7.99. The van der Waals surface area contributed by atoms with Gasteiger partial charge in [-0.25, -0.2) is 0 Å². The van der Waals surface area contributed by atoms with Gasteiger partial charge in [0.2, 0.25) is 0 Å². The first-order chi connectivity index (χ1) is 20.2. The van der Waals surface area contributed by atoms with Gasteiger partial charge in [-0.15, -0.1) is 10.2 Å². The number of carbonyl (C=O) groups excluding carboxylic acids is 1. The van der Waals surface area contributed by atoms with Crippen molar-refractivity contribution in [1.82, 2.24) is 20.1 Å². The highest BCUT2D eigenvalue weighted by atomic mass is 35.6. The van der Waals surface area contributed by atoms with E-state index in [2.05, 4.69) is 15.5 Å². The number of aliphatic hydroxyl groups excluding tert-OH is 1. The van der Waals surface area contributed by atoms with E-state index in [1.807, 2.05) is 84.4 Å². The second-order valence-electron chi connectivity index (χ2n) is 9.85. The standard InChI is InChI=1S/C30H29Cl3N4O4S/c1-37-18-35-36-29(37)42-17-24-14-26(21-8-6-19(16-38)7-9-21)41-27(40-24)22-12-10-20(11-13-22)25-5-3-2-4-23(25)15-34-28(39)30(31,32)33/h2-13,18,24,26-27,38H,14-17H2,1H3,(H,34,39)/t24-,26+,27+/m0/s1. The summed E-state index contributed by atoms with van der Waals surface area (Å²) in [6, 6.07) is 23.5. The summed E-state index contributed by atoms with van der Waals surface area (Å²) in [5.74, 6) is -0.0000970. The van der Waals surface area contributed by atoms with E-state index in [0.29, 0.717) is 12.2 Å². The molecule has 0 bridgehead atoms. The number of alkyl halides is 3. The number of carbonyl (C=O) groups is 1. The summed E-state index contributed by atoms with van der Waals surface area (Å²) in [5, 5.41) is 21.1. The van der Waals surface area contributed by atoms with Crippen LogP contribution in [0.15, 0.2) is 84.3 Å². The molecule has 3 atom stereocenters. The highest BCUT2D eigenvalue weighted by Gasteiger charge is 2.33. The molecule has 0 aliphatic carbocycles. The number of benzene rings is 3. The normalized spacial score (nSPS) is 19.0. The first kappa shape index (κ1) is 30.8. The van der Waals surface area contributed by atoms with Gasteiger partial charge >= 0.3 is 0 Å². The third-order valence-corrected chi connectivity index (χ3v) is 8.57. The van der Waals surface area contributed by atoms with Crippen molar-refractivity contribution in [3.05, 3.63) is 101 Å². The van der Waals surface area contributed by atoms with Gasteiger partial charge in [-0.1, -0.05) is 119 Å². The van der Waals surface area contributed by atoms with Crippen LogP contribution in [-0.4, -0.2) is 41.4 Å². The van der Waals surface area contributed by atoms with Gasteiger partial charge in [0.1, 0.15) is 6.33 Å². The number of nitrogens with one attached hydrogen (secondary N) is 1. The fourth-order valence-electron chi connectivity index (χ4n) is 4.65. The lowest BCUT2D eigenvalue weighted by Gasteiger charge is -2.36. The Kier molecular flexibility index (Phi) is 10.1. The van der Waals surface area contributed by atoms with Gasteiger partial charge in [0.15, 0.2) is 11.4 Å². The van der Waals surface area contributed by atoms with Crippen molar-refractivity contribution in [1.29, 1.82) is 0 Å². The molecule has 8 nitrogen and oxygen atoms in total. The van der Waals surface area contributed by atoms with E-state index < -0.39 is 16.0 Å². The first-order valence-corrected chi connectivity index (χ1v) is 15.3. The molecule has 220 valence electrons. The summed E-state index contributed by atoms with van der Waals surface area (Å²) in [7, 11) is 1.91. The van der Waals surface area contributed by atoms with E-state index in [4.69, 9.17) is 44.3 Å². The molecule has 1 saturated heterocycles. The Bertz CT molecular complexity index is 1500. The summed E-state index contributed by atoms with van der Waals surface area (Å²) in [6.07, 6.45) is 1.47. The summed E-state index contributed by atoms with van der Waals surface area (Å²) in [6.45, 7) is 0.199. The zero-order chi connectivity index (χ0) is 29.7. The predicted molar refractivity (Wildman–Crippen MR) is 164 cm³/mol. The topological polar surface area (TPSA) is 98.5 Å². The van der Waals surface area contributed by atoms with Crippen molar-refractivity contribution in [2.24, 2.45) is 7.05 Å². The summed E-state index contributed by atoms with van der Waals surface area (Å²) in [4.78, 5) is 12.1. The molecule has 5 rings (SSSR count). The maximum Gasteiger partial charge on any atom is 0.272 e. The second kappa shape index (κ2) is 13.8. The molecular weight excluding hydrogens is 619 g/mol. The van der Waals surface area contributed by atoms with Gasteiger partial charge in [0, 0.05) is 31.3 Å². The zero-order valence-corrected chi connectivity index (χ0v) is 25.7. The molecule has 12 heteroatoms. The maximum absolute atomic E-state index is 12.1. The molecule has 0 unspecified atom stereocenters. The third kappa shape index (κ3) is 7.65. The Morgan fingerprint density at radius 3 is 2.43 bits per heavy atom. The van der Waals surface area contributed by atoms with E-state index in [-0.39, 0.29) is 25.4 Å². The Labute approximate surface area is 263 Å². The van der Waals surface area contributed by atoms with Crippen LogP contribution < -0.4 is 5.32 Å². The highest BCUT2D eigenvalue weighted by Crippen LogP contribution is 2.40. The van der Waals surface area contributed by atoms with Crippen molar-refractivity contribution in [2.45, 2.75) is 47.0 Å². The fraction of sp³-hybridized carbons (Fsp3) is 0.300. The van der Waals surface area contributed by atoms with Crippen molar-refractivity contribution >= 4 is 52.5 Å². The largest absolute Gasteiger partial charge is 0.392 e. The Morgan fingerprint density at radius 1 is 1.05 bits per heavy atom. The van der Waals surface area contributed by atoms with Crippen LogP contribution in [0.4, 0.5) is 0 Å².